The van der Waals surface area contributed by atoms with Crippen LogP contribution in [0.25, 0.3) is 6.08 Å². The molecule has 1 aliphatic rings. The Labute approximate surface area is 222 Å². The van der Waals surface area contributed by atoms with Crippen molar-refractivity contribution < 1.29 is 33.8 Å². The second-order valence-electron chi connectivity index (χ2n) is 7.83. The summed E-state index contributed by atoms with van der Waals surface area (Å²) in [6.45, 7) is -0.292. The molecule has 0 aliphatic carbocycles. The van der Waals surface area contributed by atoms with Crippen LogP contribution in [0.3, 0.4) is 0 Å². The summed E-state index contributed by atoms with van der Waals surface area (Å²) >= 11 is 0.644. The van der Waals surface area contributed by atoms with E-state index in [1.54, 1.807) is 12.1 Å². The fourth-order valence-corrected chi connectivity index (χ4v) is 4.45. The summed E-state index contributed by atoms with van der Waals surface area (Å²) in [7, 11) is 1.33. The van der Waals surface area contributed by atoms with E-state index in [9.17, 15) is 39.9 Å². The van der Waals surface area contributed by atoms with Gasteiger partial charge in [0.2, 0.25) is 5.75 Å². The number of hydrogen-bond acceptors (Lipinski definition) is 11. The highest BCUT2D eigenvalue weighted by Gasteiger charge is 2.36. The minimum absolute atomic E-state index is 0.00217. The third-order valence-corrected chi connectivity index (χ3v) is 6.35. The van der Waals surface area contributed by atoms with Gasteiger partial charge in [-0.15, -0.1) is 0 Å². The first-order valence-corrected chi connectivity index (χ1v) is 11.7. The van der Waals surface area contributed by atoms with Crippen molar-refractivity contribution >= 4 is 46.0 Å². The predicted molar refractivity (Wildman–Crippen MR) is 137 cm³/mol. The Kier molecular flexibility index (Phi) is 7.53. The number of nitro benzene ring substituents is 3. The lowest BCUT2D eigenvalue weighted by Crippen LogP contribution is -2.27. The molecule has 0 saturated carbocycles. The maximum Gasteiger partial charge on any atom is 0.318 e. The van der Waals surface area contributed by atoms with Crippen LogP contribution in [0.4, 0.5) is 21.9 Å². The molecule has 14 nitrogen and oxygen atoms in total. The van der Waals surface area contributed by atoms with Crippen LogP contribution in [0.2, 0.25) is 0 Å². The lowest BCUT2D eigenvalue weighted by molar-refractivity contribution is -0.394. The first-order valence-electron chi connectivity index (χ1n) is 10.9. The van der Waals surface area contributed by atoms with E-state index in [0.29, 0.717) is 17.3 Å². The molecule has 198 valence electrons. The van der Waals surface area contributed by atoms with Gasteiger partial charge >= 0.3 is 5.69 Å². The second kappa shape index (κ2) is 11.0. The second-order valence-corrected chi connectivity index (χ2v) is 8.83. The van der Waals surface area contributed by atoms with Crippen molar-refractivity contribution in [3.05, 3.63) is 107 Å². The minimum atomic E-state index is -0.828. The third kappa shape index (κ3) is 5.67. The van der Waals surface area contributed by atoms with Gasteiger partial charge in [0, 0.05) is 17.7 Å². The summed E-state index contributed by atoms with van der Waals surface area (Å²) in [6, 6.07) is 13.1. The topological polar surface area (TPSA) is 185 Å². The van der Waals surface area contributed by atoms with E-state index in [1.165, 1.54) is 43.5 Å². The number of thioether (sulfide) groups is 1. The molecule has 1 fully saturated rings. The highest BCUT2D eigenvalue weighted by atomic mass is 32.2. The monoisotopic (exact) mass is 552 g/mol. The Balaban J connectivity index is 1.63. The van der Waals surface area contributed by atoms with Gasteiger partial charge in [-0.25, -0.2) is 0 Å². The number of nitro groups is 3. The van der Waals surface area contributed by atoms with Gasteiger partial charge in [0.25, 0.3) is 22.5 Å². The third-order valence-electron chi connectivity index (χ3n) is 5.45. The predicted octanol–water partition coefficient (Wildman–Crippen LogP) is 5.45. The smallest absolute Gasteiger partial charge is 0.318 e. The number of benzene rings is 3. The lowest BCUT2D eigenvalue weighted by atomic mass is 10.1. The van der Waals surface area contributed by atoms with E-state index >= 15 is 0 Å². The number of amides is 2. The average Bonchev–Trinajstić information content (AvgIpc) is 3.16. The van der Waals surface area contributed by atoms with Crippen LogP contribution in [0, 0.1) is 30.3 Å². The molecule has 39 heavy (non-hydrogen) atoms. The molecule has 0 N–H and O–H groups in total. The molecule has 0 atom stereocenters. The van der Waals surface area contributed by atoms with Crippen LogP contribution in [0.1, 0.15) is 11.1 Å². The number of nitrogens with zero attached hydrogens (tertiary/aromatic N) is 4. The highest BCUT2D eigenvalue weighted by Crippen LogP contribution is 2.40. The van der Waals surface area contributed by atoms with Gasteiger partial charge in [-0.05, 0) is 41.6 Å². The molecule has 15 heteroatoms. The van der Waals surface area contributed by atoms with Crippen LogP contribution >= 0.6 is 11.8 Å². The number of carbonyl (C=O) groups is 2. The number of hydrogen-bond donors (Lipinski definition) is 0. The summed E-state index contributed by atoms with van der Waals surface area (Å²) in [5.41, 5.74) is -0.806. The molecule has 2 amide bonds. The van der Waals surface area contributed by atoms with Crippen LogP contribution in [-0.2, 0) is 11.3 Å². The molecule has 3 aromatic carbocycles. The van der Waals surface area contributed by atoms with E-state index in [1.807, 2.05) is 0 Å². The minimum Gasteiger partial charge on any atom is -0.493 e. The number of methoxy groups -OCH3 is 1. The van der Waals surface area contributed by atoms with Crippen LogP contribution in [-0.4, -0.2) is 37.9 Å². The van der Waals surface area contributed by atoms with Gasteiger partial charge in [0.05, 0.1) is 39.4 Å². The lowest BCUT2D eigenvalue weighted by Gasteiger charge is -2.12. The van der Waals surface area contributed by atoms with Gasteiger partial charge in [-0.1, -0.05) is 24.3 Å². The number of ether oxygens (including phenoxy) is 2. The number of para-hydroxylation sites is 1. The zero-order valence-corrected chi connectivity index (χ0v) is 20.7. The van der Waals surface area contributed by atoms with E-state index < -0.39 is 37.3 Å². The summed E-state index contributed by atoms with van der Waals surface area (Å²) in [5.74, 6) is -0.773. The van der Waals surface area contributed by atoms with Gasteiger partial charge < -0.3 is 9.47 Å². The molecule has 4 rings (SSSR count). The standard InChI is InChI=1S/C24H16N4O10S/c1-37-20-8-6-14(10-21(20)38-19-9-7-16(26(31)32)12-18(19)28(35)36)11-22-23(29)25(24(30)39-22)13-15-4-2-3-5-17(15)27(33)34/h2-12H,13H2,1H3/b22-11-. The maximum absolute atomic E-state index is 13.0. The molecule has 0 radical (unpaired) electrons. The Morgan fingerprint density at radius 1 is 0.846 bits per heavy atom. The van der Waals surface area contributed by atoms with Gasteiger partial charge in [0.1, 0.15) is 0 Å². The van der Waals surface area contributed by atoms with Gasteiger partial charge in [0.15, 0.2) is 11.5 Å². The molecule has 0 unspecified atom stereocenters. The maximum atomic E-state index is 13.0. The average molecular weight is 552 g/mol. The summed E-state index contributed by atoms with van der Waals surface area (Å²) in [4.78, 5) is 58.0. The number of non-ortho nitro benzene ring substituents is 1. The van der Waals surface area contributed by atoms with Crippen LogP contribution in [0.5, 0.6) is 17.2 Å². The van der Waals surface area contributed by atoms with Crippen molar-refractivity contribution in [2.24, 2.45) is 0 Å². The fourth-order valence-electron chi connectivity index (χ4n) is 3.61. The Hall–Kier alpha value is -5.31. The Morgan fingerprint density at radius 2 is 1.54 bits per heavy atom. The SMILES string of the molecule is COc1ccc(/C=C2\SC(=O)N(Cc3ccccc3[N+](=O)[O-])C2=O)cc1Oc1ccc([N+](=O)[O-])cc1[N+](=O)[O-]. The molecule has 1 heterocycles. The first-order chi connectivity index (χ1) is 18.6. The normalized spacial score (nSPS) is 14.0. The molecule has 1 aliphatic heterocycles. The quantitative estimate of drug-likeness (QED) is 0.187. The zero-order chi connectivity index (χ0) is 28.3. The summed E-state index contributed by atoms with van der Waals surface area (Å²) < 4.78 is 10.9. The van der Waals surface area contributed by atoms with Crippen LogP contribution in [0.15, 0.2) is 65.6 Å². The molecule has 3 aromatic rings. The van der Waals surface area contributed by atoms with Crippen molar-refractivity contribution in [3.8, 4) is 17.2 Å². The highest BCUT2D eigenvalue weighted by molar-refractivity contribution is 8.18. The Morgan fingerprint density at radius 3 is 2.21 bits per heavy atom. The number of imide groups is 1. The van der Waals surface area contributed by atoms with Gasteiger partial charge in [-0.2, -0.15) is 0 Å². The molecular weight excluding hydrogens is 536 g/mol. The van der Waals surface area contributed by atoms with Gasteiger partial charge in [-0.3, -0.25) is 44.8 Å². The van der Waals surface area contributed by atoms with Crippen molar-refractivity contribution in [1.82, 2.24) is 4.90 Å². The molecule has 0 aromatic heterocycles. The van der Waals surface area contributed by atoms with Crippen molar-refractivity contribution in [2.45, 2.75) is 6.54 Å². The van der Waals surface area contributed by atoms with E-state index in [2.05, 4.69) is 0 Å². The van der Waals surface area contributed by atoms with Crippen LogP contribution < -0.4 is 9.47 Å². The van der Waals surface area contributed by atoms with Crippen molar-refractivity contribution in [3.63, 3.8) is 0 Å². The molecule has 1 saturated heterocycles. The van der Waals surface area contributed by atoms with Crippen molar-refractivity contribution in [2.75, 3.05) is 7.11 Å². The van der Waals surface area contributed by atoms with E-state index in [4.69, 9.17) is 9.47 Å². The molecule has 0 bridgehead atoms. The number of rotatable bonds is 9. The van der Waals surface area contributed by atoms with Crippen molar-refractivity contribution in [1.29, 1.82) is 0 Å². The van der Waals surface area contributed by atoms with E-state index in [-0.39, 0.29) is 39.9 Å². The zero-order valence-electron chi connectivity index (χ0n) is 19.8. The molecule has 0 spiro atoms. The Bertz CT molecular complexity index is 1570. The largest absolute Gasteiger partial charge is 0.493 e. The number of carbonyl (C=O) groups excluding carboxylic acids is 2. The first kappa shape index (κ1) is 26.7. The molecular formula is C24H16N4O10S. The summed E-state index contributed by atoms with van der Waals surface area (Å²) in [6.07, 6.45) is 1.39. The fraction of sp³-hybridized carbons (Fsp3) is 0.0833. The van der Waals surface area contributed by atoms with E-state index in [0.717, 1.165) is 23.1 Å². The summed E-state index contributed by atoms with van der Waals surface area (Å²) in [5, 5.41) is 33.2.